The van der Waals surface area contributed by atoms with Crippen LogP contribution in [0.1, 0.15) is 34.1 Å². The van der Waals surface area contributed by atoms with Crippen molar-refractivity contribution in [1.82, 2.24) is 10.2 Å². The van der Waals surface area contributed by atoms with E-state index < -0.39 is 0 Å². The molecular formula is C11H24N2. The van der Waals surface area contributed by atoms with Crippen LogP contribution in [0.15, 0.2) is 11.8 Å². The lowest BCUT2D eigenvalue weighted by molar-refractivity contribution is 0.309. The first-order valence-electron chi connectivity index (χ1n) is 5.10. The maximum Gasteiger partial charge on any atom is 0.0755 e. The first kappa shape index (κ1) is 12.5. The topological polar surface area (TPSA) is 15.3 Å². The van der Waals surface area contributed by atoms with Crippen LogP contribution in [0.3, 0.4) is 0 Å². The van der Waals surface area contributed by atoms with E-state index in [0.29, 0.717) is 12.1 Å². The third-order valence-electron chi connectivity index (χ3n) is 2.83. The molecule has 0 aliphatic rings. The van der Waals surface area contributed by atoms with Crippen molar-refractivity contribution >= 4 is 0 Å². The molecule has 0 aliphatic carbocycles. The van der Waals surface area contributed by atoms with Gasteiger partial charge in [0.1, 0.15) is 0 Å². The Morgan fingerprint density at radius 1 is 1.46 bits per heavy atom. The third-order valence-corrected chi connectivity index (χ3v) is 2.83. The summed E-state index contributed by atoms with van der Waals surface area (Å²) in [7, 11) is 4.08. The summed E-state index contributed by atoms with van der Waals surface area (Å²) in [6.45, 7) is 8.85. The van der Waals surface area contributed by atoms with E-state index in [0.717, 1.165) is 0 Å². The summed E-state index contributed by atoms with van der Waals surface area (Å²) in [4.78, 5) is 2.21. The molecule has 0 amide bonds. The number of nitrogens with one attached hydrogen (secondary N) is 1. The summed E-state index contributed by atoms with van der Waals surface area (Å²) in [5.74, 6) is 0.687. The smallest absolute Gasteiger partial charge is 0.0755 e. The highest BCUT2D eigenvalue weighted by Crippen LogP contribution is 2.13. The molecule has 2 atom stereocenters. The fraction of sp³-hybridized carbons (Fsp3) is 0.818. The van der Waals surface area contributed by atoms with E-state index in [1.54, 1.807) is 0 Å². The number of allylic oxidation sites excluding steroid dienone is 1. The largest absolute Gasteiger partial charge is 0.365 e. The minimum Gasteiger partial charge on any atom is -0.365 e. The molecule has 0 saturated heterocycles. The minimum absolute atomic E-state index is 0.402. The molecule has 0 aromatic rings. The maximum absolute atomic E-state index is 3.21. The van der Waals surface area contributed by atoms with Crippen LogP contribution in [0.25, 0.3) is 0 Å². The summed E-state index contributed by atoms with van der Waals surface area (Å²) in [5.41, 5.74) is 1.45. The lowest BCUT2D eigenvalue weighted by Gasteiger charge is -2.24. The molecule has 0 aromatic carbocycles. The van der Waals surface area contributed by atoms with Gasteiger partial charge in [-0.3, -0.25) is 0 Å². The van der Waals surface area contributed by atoms with Crippen molar-refractivity contribution < 1.29 is 0 Å². The van der Waals surface area contributed by atoms with Gasteiger partial charge in [0.15, 0.2) is 0 Å². The molecule has 0 bridgehead atoms. The SMILES string of the molecule is CCC(C)C(C)=CN(C)C(C)NC. The molecule has 0 fully saturated rings. The molecule has 0 aromatic heterocycles. The van der Waals surface area contributed by atoms with Crippen molar-refractivity contribution in [2.45, 2.75) is 40.3 Å². The normalized spacial score (nSPS) is 16.9. The van der Waals surface area contributed by atoms with Gasteiger partial charge in [0.25, 0.3) is 0 Å². The van der Waals surface area contributed by atoms with E-state index in [2.05, 4.69) is 51.2 Å². The molecule has 13 heavy (non-hydrogen) atoms. The lowest BCUT2D eigenvalue weighted by atomic mass is 10.0. The van der Waals surface area contributed by atoms with E-state index >= 15 is 0 Å². The molecule has 0 spiro atoms. The Balaban J connectivity index is 4.20. The Kier molecular flexibility index (Phi) is 5.80. The van der Waals surface area contributed by atoms with Gasteiger partial charge < -0.3 is 10.2 Å². The number of hydrogen-bond acceptors (Lipinski definition) is 2. The Morgan fingerprint density at radius 3 is 2.38 bits per heavy atom. The van der Waals surface area contributed by atoms with Crippen molar-refractivity contribution in [2.24, 2.45) is 5.92 Å². The Hall–Kier alpha value is -0.500. The van der Waals surface area contributed by atoms with Crippen molar-refractivity contribution in [3.8, 4) is 0 Å². The van der Waals surface area contributed by atoms with Gasteiger partial charge >= 0.3 is 0 Å². The van der Waals surface area contributed by atoms with Crippen LogP contribution in [0.4, 0.5) is 0 Å². The third kappa shape index (κ3) is 4.32. The van der Waals surface area contributed by atoms with Gasteiger partial charge in [-0.2, -0.15) is 0 Å². The fourth-order valence-electron chi connectivity index (χ4n) is 1.09. The van der Waals surface area contributed by atoms with Gasteiger partial charge in [0.05, 0.1) is 6.17 Å². The first-order chi connectivity index (χ1) is 6.02. The monoisotopic (exact) mass is 184 g/mol. The highest BCUT2D eigenvalue weighted by atomic mass is 15.2. The predicted molar refractivity (Wildman–Crippen MR) is 59.5 cm³/mol. The molecule has 0 rings (SSSR count). The molecule has 0 saturated carbocycles. The van der Waals surface area contributed by atoms with Gasteiger partial charge in [0, 0.05) is 7.05 Å². The summed E-state index contributed by atoms with van der Waals surface area (Å²) in [6, 6.07) is 0. The number of nitrogens with zero attached hydrogens (tertiary/aromatic N) is 1. The molecule has 0 aliphatic heterocycles. The lowest BCUT2D eigenvalue weighted by Crippen LogP contribution is -2.35. The second-order valence-corrected chi connectivity index (χ2v) is 3.81. The van der Waals surface area contributed by atoms with Crippen molar-refractivity contribution in [1.29, 1.82) is 0 Å². The van der Waals surface area contributed by atoms with Crippen LogP contribution >= 0.6 is 0 Å². The second-order valence-electron chi connectivity index (χ2n) is 3.81. The average Bonchev–Trinajstić information content (AvgIpc) is 2.14. The van der Waals surface area contributed by atoms with Crippen LogP contribution in [0.2, 0.25) is 0 Å². The molecular weight excluding hydrogens is 160 g/mol. The zero-order valence-electron chi connectivity index (χ0n) is 9.89. The van der Waals surface area contributed by atoms with E-state index in [-0.39, 0.29) is 0 Å². The molecule has 2 unspecified atom stereocenters. The van der Waals surface area contributed by atoms with Crippen molar-refractivity contribution in [3.05, 3.63) is 11.8 Å². The molecule has 0 radical (unpaired) electrons. The summed E-state index contributed by atoms with van der Waals surface area (Å²) in [5, 5.41) is 3.21. The molecule has 0 heterocycles. The number of hydrogen-bond donors (Lipinski definition) is 1. The second kappa shape index (κ2) is 6.03. The van der Waals surface area contributed by atoms with Gasteiger partial charge in [-0.05, 0) is 39.4 Å². The quantitative estimate of drug-likeness (QED) is 0.660. The van der Waals surface area contributed by atoms with Crippen LogP contribution in [-0.2, 0) is 0 Å². The van der Waals surface area contributed by atoms with E-state index in [1.807, 2.05) is 7.05 Å². The molecule has 2 nitrogen and oxygen atoms in total. The first-order valence-corrected chi connectivity index (χ1v) is 5.10. The molecule has 2 heteroatoms. The maximum atomic E-state index is 3.21. The average molecular weight is 184 g/mol. The van der Waals surface area contributed by atoms with Gasteiger partial charge in [-0.1, -0.05) is 19.4 Å². The van der Waals surface area contributed by atoms with Crippen LogP contribution in [0.5, 0.6) is 0 Å². The van der Waals surface area contributed by atoms with Crippen LogP contribution in [-0.4, -0.2) is 25.2 Å². The molecule has 1 N–H and O–H groups in total. The summed E-state index contributed by atoms with van der Waals surface area (Å²) in [6.07, 6.45) is 3.85. The summed E-state index contributed by atoms with van der Waals surface area (Å²) >= 11 is 0. The van der Waals surface area contributed by atoms with Crippen molar-refractivity contribution in [3.63, 3.8) is 0 Å². The predicted octanol–water partition coefficient (Wildman–Crippen LogP) is 2.43. The minimum atomic E-state index is 0.402. The van der Waals surface area contributed by atoms with Crippen LogP contribution in [0, 0.1) is 5.92 Å². The number of rotatable bonds is 5. The van der Waals surface area contributed by atoms with E-state index in [9.17, 15) is 0 Å². The molecule has 78 valence electrons. The highest BCUT2D eigenvalue weighted by Gasteiger charge is 2.05. The Morgan fingerprint density at radius 2 is 2.00 bits per heavy atom. The fourth-order valence-corrected chi connectivity index (χ4v) is 1.09. The van der Waals surface area contributed by atoms with Gasteiger partial charge in [-0.15, -0.1) is 0 Å². The van der Waals surface area contributed by atoms with E-state index in [1.165, 1.54) is 12.0 Å². The highest BCUT2D eigenvalue weighted by molar-refractivity contribution is 5.01. The van der Waals surface area contributed by atoms with Crippen LogP contribution < -0.4 is 5.32 Å². The standard InChI is InChI=1S/C11H24N2/c1-7-9(2)10(3)8-13(6)11(4)12-5/h8-9,11-12H,7H2,1-6H3. The Bertz CT molecular complexity index is 163. The van der Waals surface area contributed by atoms with Crippen molar-refractivity contribution in [2.75, 3.05) is 14.1 Å². The van der Waals surface area contributed by atoms with Gasteiger partial charge in [0.2, 0.25) is 0 Å². The Labute approximate surface area is 83.0 Å². The van der Waals surface area contributed by atoms with Gasteiger partial charge in [-0.25, -0.2) is 0 Å². The zero-order chi connectivity index (χ0) is 10.4. The summed E-state index contributed by atoms with van der Waals surface area (Å²) < 4.78 is 0. The zero-order valence-corrected chi connectivity index (χ0v) is 9.89. The van der Waals surface area contributed by atoms with E-state index in [4.69, 9.17) is 0 Å².